The molecule has 0 aliphatic carbocycles. The Hall–Kier alpha value is -2.99. The summed E-state index contributed by atoms with van der Waals surface area (Å²) in [5, 5.41) is 10.8. The Labute approximate surface area is 163 Å². The van der Waals surface area contributed by atoms with Crippen molar-refractivity contribution in [1.82, 2.24) is 9.80 Å². The molecule has 1 atom stereocenters. The first kappa shape index (κ1) is 19.8. The van der Waals surface area contributed by atoms with Crippen molar-refractivity contribution in [3.05, 3.63) is 77.1 Å². The second-order valence-corrected chi connectivity index (χ2v) is 7.04. The Balaban J connectivity index is 2.10. The van der Waals surface area contributed by atoms with Crippen molar-refractivity contribution >= 4 is 17.4 Å². The van der Waals surface area contributed by atoms with Crippen LogP contribution in [-0.4, -0.2) is 53.8 Å². The number of ketones is 1. The Bertz CT molecular complexity index is 909. The summed E-state index contributed by atoms with van der Waals surface area (Å²) in [6.45, 7) is 0.999. The van der Waals surface area contributed by atoms with Gasteiger partial charge < -0.3 is 14.9 Å². The van der Waals surface area contributed by atoms with Crippen LogP contribution >= 0.6 is 0 Å². The van der Waals surface area contributed by atoms with Crippen LogP contribution in [0.1, 0.15) is 23.6 Å². The quantitative estimate of drug-likeness (QED) is 0.474. The normalized spacial score (nSPS) is 18.9. The molecule has 1 aliphatic rings. The zero-order valence-corrected chi connectivity index (χ0v) is 15.9. The fraction of sp³-hybridized carbons (Fsp3) is 0.273. The topological polar surface area (TPSA) is 60.9 Å². The number of amides is 1. The highest BCUT2D eigenvalue weighted by molar-refractivity contribution is 6.46. The molecule has 1 amide bonds. The van der Waals surface area contributed by atoms with E-state index in [0.29, 0.717) is 18.5 Å². The van der Waals surface area contributed by atoms with Crippen molar-refractivity contribution in [2.45, 2.75) is 12.5 Å². The predicted octanol–water partition coefficient (Wildman–Crippen LogP) is 3.20. The first-order valence-corrected chi connectivity index (χ1v) is 9.14. The first-order chi connectivity index (χ1) is 13.4. The number of aliphatic hydroxyl groups is 1. The van der Waals surface area contributed by atoms with Gasteiger partial charge in [-0.05, 0) is 33.1 Å². The maximum atomic E-state index is 14.6. The predicted molar refractivity (Wildman–Crippen MR) is 105 cm³/mol. The summed E-state index contributed by atoms with van der Waals surface area (Å²) in [6, 6.07) is 13.6. The minimum absolute atomic E-state index is 0.0776. The highest BCUT2D eigenvalue weighted by Gasteiger charge is 2.46. The van der Waals surface area contributed by atoms with Crippen molar-refractivity contribution in [3.63, 3.8) is 0 Å². The lowest BCUT2D eigenvalue weighted by atomic mass is 9.95. The van der Waals surface area contributed by atoms with E-state index in [1.54, 1.807) is 48.5 Å². The van der Waals surface area contributed by atoms with Gasteiger partial charge in [-0.1, -0.05) is 48.5 Å². The van der Waals surface area contributed by atoms with Crippen LogP contribution < -0.4 is 0 Å². The second kappa shape index (κ2) is 8.35. The van der Waals surface area contributed by atoms with Gasteiger partial charge in [-0.3, -0.25) is 9.59 Å². The van der Waals surface area contributed by atoms with Crippen molar-refractivity contribution < 1.29 is 19.1 Å². The number of hydrogen-bond donors (Lipinski definition) is 1. The average Bonchev–Trinajstić information content (AvgIpc) is 2.93. The fourth-order valence-electron chi connectivity index (χ4n) is 3.44. The molecule has 1 fully saturated rings. The van der Waals surface area contributed by atoms with E-state index >= 15 is 0 Å². The Morgan fingerprint density at radius 2 is 1.71 bits per heavy atom. The molecular formula is C22H23FN2O3. The van der Waals surface area contributed by atoms with Crippen LogP contribution in [0, 0.1) is 5.82 Å². The van der Waals surface area contributed by atoms with Gasteiger partial charge in [0.25, 0.3) is 11.7 Å². The minimum atomic E-state index is -0.955. The summed E-state index contributed by atoms with van der Waals surface area (Å²) in [6.07, 6.45) is 0.621. The van der Waals surface area contributed by atoms with Gasteiger partial charge in [-0.25, -0.2) is 4.39 Å². The molecule has 0 unspecified atom stereocenters. The molecule has 2 aromatic rings. The Morgan fingerprint density at radius 1 is 1.07 bits per heavy atom. The Morgan fingerprint density at radius 3 is 2.36 bits per heavy atom. The number of halogens is 1. The van der Waals surface area contributed by atoms with Crippen molar-refractivity contribution in [2.24, 2.45) is 0 Å². The molecule has 6 heteroatoms. The third kappa shape index (κ3) is 3.82. The van der Waals surface area contributed by atoms with Gasteiger partial charge in [-0.2, -0.15) is 0 Å². The molecule has 2 aromatic carbocycles. The van der Waals surface area contributed by atoms with Crippen molar-refractivity contribution in [3.8, 4) is 0 Å². The lowest BCUT2D eigenvalue weighted by Crippen LogP contribution is -2.32. The van der Waals surface area contributed by atoms with E-state index in [2.05, 4.69) is 0 Å². The van der Waals surface area contributed by atoms with Crippen LogP contribution in [0.3, 0.4) is 0 Å². The summed E-state index contributed by atoms with van der Waals surface area (Å²) in [4.78, 5) is 28.8. The smallest absolute Gasteiger partial charge is 0.295 e. The molecule has 1 aliphatic heterocycles. The van der Waals surface area contributed by atoms with E-state index < -0.39 is 23.5 Å². The molecular weight excluding hydrogens is 359 g/mol. The molecule has 5 nitrogen and oxygen atoms in total. The summed E-state index contributed by atoms with van der Waals surface area (Å²) >= 11 is 0. The molecule has 1 heterocycles. The fourth-order valence-corrected chi connectivity index (χ4v) is 3.44. The molecule has 1 saturated heterocycles. The molecule has 28 heavy (non-hydrogen) atoms. The number of carbonyl (C=O) groups is 2. The minimum Gasteiger partial charge on any atom is -0.507 e. The molecule has 1 N–H and O–H groups in total. The molecule has 0 spiro atoms. The zero-order valence-electron chi connectivity index (χ0n) is 15.9. The third-order valence-electron chi connectivity index (χ3n) is 4.79. The maximum Gasteiger partial charge on any atom is 0.295 e. The summed E-state index contributed by atoms with van der Waals surface area (Å²) in [7, 11) is 3.83. The molecule has 0 saturated carbocycles. The largest absolute Gasteiger partial charge is 0.507 e. The van der Waals surface area contributed by atoms with Gasteiger partial charge >= 0.3 is 0 Å². The van der Waals surface area contributed by atoms with Gasteiger partial charge in [0.15, 0.2) is 0 Å². The number of Topliss-reactive ketones (excluding diaryl/α,β-unsaturated/α-hetero) is 1. The van der Waals surface area contributed by atoms with E-state index in [1.165, 1.54) is 11.0 Å². The number of benzene rings is 2. The highest BCUT2D eigenvalue weighted by atomic mass is 19.1. The van der Waals surface area contributed by atoms with Crippen molar-refractivity contribution in [2.75, 3.05) is 27.2 Å². The highest BCUT2D eigenvalue weighted by Crippen LogP contribution is 2.40. The van der Waals surface area contributed by atoms with Crippen LogP contribution in [0.2, 0.25) is 0 Å². The second-order valence-electron chi connectivity index (χ2n) is 7.04. The van der Waals surface area contributed by atoms with Gasteiger partial charge in [0.05, 0.1) is 11.6 Å². The number of likely N-dealkylation sites (tertiary alicyclic amines) is 1. The van der Waals surface area contributed by atoms with Crippen LogP contribution in [0.15, 0.2) is 60.2 Å². The maximum absolute atomic E-state index is 14.6. The van der Waals surface area contributed by atoms with Gasteiger partial charge in [0.2, 0.25) is 0 Å². The molecule has 0 bridgehead atoms. The van der Waals surface area contributed by atoms with E-state index in [9.17, 15) is 19.1 Å². The van der Waals surface area contributed by atoms with E-state index in [1.807, 2.05) is 19.0 Å². The average molecular weight is 382 g/mol. The molecule has 3 rings (SSSR count). The van der Waals surface area contributed by atoms with Crippen LogP contribution in [0.5, 0.6) is 0 Å². The van der Waals surface area contributed by atoms with Gasteiger partial charge in [0.1, 0.15) is 11.6 Å². The lowest BCUT2D eigenvalue weighted by molar-refractivity contribution is -0.140. The van der Waals surface area contributed by atoms with Crippen LogP contribution in [-0.2, 0) is 9.59 Å². The standard InChI is InChI=1S/C22H23FN2O3/c1-24(2)13-8-14-25-19(16-11-6-7-12-17(16)23)18(21(27)22(25)28)20(26)15-9-4-3-5-10-15/h3-7,9-12,19,26H,8,13-14H2,1-2H3/t19-/m1/s1. The molecule has 146 valence electrons. The summed E-state index contributed by atoms with van der Waals surface area (Å²) in [5.41, 5.74) is 0.533. The zero-order chi connectivity index (χ0) is 20.3. The first-order valence-electron chi connectivity index (χ1n) is 9.14. The lowest BCUT2D eigenvalue weighted by Gasteiger charge is -2.26. The number of aliphatic hydroxyl groups excluding tert-OH is 1. The number of carbonyl (C=O) groups excluding carboxylic acids is 2. The SMILES string of the molecule is CN(C)CCCN1C(=O)C(=O)C(=C(O)c2ccccc2)[C@H]1c1ccccc1F. The van der Waals surface area contributed by atoms with Gasteiger partial charge in [-0.15, -0.1) is 0 Å². The monoisotopic (exact) mass is 382 g/mol. The van der Waals surface area contributed by atoms with Crippen LogP contribution in [0.4, 0.5) is 4.39 Å². The molecule has 0 aromatic heterocycles. The van der Waals surface area contributed by atoms with E-state index in [-0.39, 0.29) is 23.4 Å². The summed E-state index contributed by atoms with van der Waals surface area (Å²) < 4.78 is 14.6. The van der Waals surface area contributed by atoms with Gasteiger partial charge in [0, 0.05) is 17.7 Å². The Kier molecular flexibility index (Phi) is 5.90. The number of rotatable bonds is 6. The van der Waals surface area contributed by atoms with Crippen LogP contribution in [0.25, 0.3) is 5.76 Å². The van der Waals surface area contributed by atoms with E-state index in [0.717, 1.165) is 0 Å². The third-order valence-corrected chi connectivity index (χ3v) is 4.79. The molecule has 0 radical (unpaired) electrons. The number of hydrogen-bond acceptors (Lipinski definition) is 4. The van der Waals surface area contributed by atoms with E-state index in [4.69, 9.17) is 0 Å². The number of nitrogens with zero attached hydrogens (tertiary/aromatic N) is 2. The van der Waals surface area contributed by atoms with Crippen molar-refractivity contribution in [1.29, 1.82) is 0 Å². The summed E-state index contributed by atoms with van der Waals surface area (Å²) in [5.74, 6) is -2.32.